The second-order valence-corrected chi connectivity index (χ2v) is 5.26. The summed E-state index contributed by atoms with van der Waals surface area (Å²) in [5.41, 5.74) is 1.65. The Morgan fingerprint density at radius 3 is 2.70 bits per heavy atom. The first-order chi connectivity index (χ1) is 9.45. The molecule has 0 aliphatic rings. The SMILES string of the molecule is CCN(CC(C)C)c1c(C(=O)O)cnc2c1cnn2C. The average Bonchev–Trinajstić information content (AvgIpc) is 2.76. The molecule has 0 aliphatic carbocycles. The van der Waals surface area contributed by atoms with Crippen molar-refractivity contribution in [3.05, 3.63) is 18.0 Å². The van der Waals surface area contributed by atoms with Crippen molar-refractivity contribution >= 4 is 22.7 Å². The Hall–Kier alpha value is -2.11. The van der Waals surface area contributed by atoms with E-state index >= 15 is 0 Å². The minimum atomic E-state index is -0.958. The van der Waals surface area contributed by atoms with Crippen LogP contribution in [0.15, 0.2) is 12.4 Å². The van der Waals surface area contributed by atoms with Crippen LogP contribution in [0.4, 0.5) is 5.69 Å². The lowest BCUT2D eigenvalue weighted by atomic mass is 10.1. The van der Waals surface area contributed by atoms with Gasteiger partial charge < -0.3 is 10.0 Å². The second-order valence-electron chi connectivity index (χ2n) is 5.26. The van der Waals surface area contributed by atoms with E-state index in [1.54, 1.807) is 17.9 Å². The zero-order valence-electron chi connectivity index (χ0n) is 12.3. The Morgan fingerprint density at radius 1 is 1.45 bits per heavy atom. The highest BCUT2D eigenvalue weighted by atomic mass is 16.4. The lowest BCUT2D eigenvalue weighted by Crippen LogP contribution is -2.29. The summed E-state index contributed by atoms with van der Waals surface area (Å²) in [5, 5.41) is 14.4. The number of hydrogen-bond acceptors (Lipinski definition) is 4. The molecular formula is C14H20N4O2. The number of hydrogen-bond donors (Lipinski definition) is 1. The first kappa shape index (κ1) is 14.3. The highest BCUT2D eigenvalue weighted by Crippen LogP contribution is 2.30. The van der Waals surface area contributed by atoms with Crippen LogP contribution in [0.3, 0.4) is 0 Å². The summed E-state index contributed by atoms with van der Waals surface area (Å²) in [6, 6.07) is 0. The maximum absolute atomic E-state index is 11.5. The maximum Gasteiger partial charge on any atom is 0.339 e. The fourth-order valence-corrected chi connectivity index (χ4v) is 2.40. The highest BCUT2D eigenvalue weighted by Gasteiger charge is 2.21. The van der Waals surface area contributed by atoms with Gasteiger partial charge in [-0.3, -0.25) is 4.68 Å². The van der Waals surface area contributed by atoms with E-state index in [9.17, 15) is 9.90 Å². The molecule has 0 unspecified atom stereocenters. The predicted molar refractivity (Wildman–Crippen MR) is 78.2 cm³/mol. The molecule has 2 aromatic heterocycles. The van der Waals surface area contributed by atoms with Crippen LogP contribution in [0.2, 0.25) is 0 Å². The van der Waals surface area contributed by atoms with E-state index in [4.69, 9.17) is 0 Å². The van der Waals surface area contributed by atoms with Crippen molar-refractivity contribution in [2.24, 2.45) is 13.0 Å². The van der Waals surface area contributed by atoms with Gasteiger partial charge in [0.15, 0.2) is 5.65 Å². The van der Waals surface area contributed by atoms with Gasteiger partial charge in [0.25, 0.3) is 0 Å². The van der Waals surface area contributed by atoms with Crippen LogP contribution in [-0.4, -0.2) is 38.9 Å². The van der Waals surface area contributed by atoms with Gasteiger partial charge in [-0.1, -0.05) is 13.8 Å². The molecule has 6 heteroatoms. The quantitative estimate of drug-likeness (QED) is 0.906. The maximum atomic E-state index is 11.5. The first-order valence-electron chi connectivity index (χ1n) is 6.74. The second kappa shape index (κ2) is 5.48. The molecule has 0 atom stereocenters. The monoisotopic (exact) mass is 276 g/mol. The van der Waals surface area contributed by atoms with E-state index in [-0.39, 0.29) is 5.56 Å². The van der Waals surface area contributed by atoms with Gasteiger partial charge in [0, 0.05) is 26.3 Å². The lowest BCUT2D eigenvalue weighted by molar-refractivity contribution is 0.0697. The Labute approximate surface area is 118 Å². The third-order valence-corrected chi connectivity index (χ3v) is 3.25. The third kappa shape index (κ3) is 2.45. The number of pyridine rings is 1. The number of carbonyl (C=O) groups is 1. The number of nitrogens with zero attached hydrogens (tertiary/aromatic N) is 4. The van der Waals surface area contributed by atoms with Gasteiger partial charge >= 0.3 is 5.97 Å². The van der Waals surface area contributed by atoms with E-state index in [2.05, 4.69) is 28.8 Å². The summed E-state index contributed by atoms with van der Waals surface area (Å²) in [7, 11) is 1.80. The molecule has 6 nitrogen and oxygen atoms in total. The van der Waals surface area contributed by atoms with Gasteiger partial charge in [-0.2, -0.15) is 5.10 Å². The van der Waals surface area contributed by atoms with Gasteiger partial charge in [0.05, 0.1) is 17.3 Å². The number of aryl methyl sites for hydroxylation is 1. The van der Waals surface area contributed by atoms with Gasteiger partial charge in [0.2, 0.25) is 0 Å². The van der Waals surface area contributed by atoms with E-state index in [0.29, 0.717) is 17.3 Å². The normalized spacial score (nSPS) is 11.2. The summed E-state index contributed by atoms with van der Waals surface area (Å²) >= 11 is 0. The molecule has 0 bridgehead atoms. The average molecular weight is 276 g/mol. The largest absolute Gasteiger partial charge is 0.478 e. The van der Waals surface area contributed by atoms with Crippen LogP contribution in [0.25, 0.3) is 11.0 Å². The Kier molecular flexibility index (Phi) is 3.92. The zero-order valence-corrected chi connectivity index (χ0v) is 12.3. The molecule has 2 rings (SSSR count). The standard InChI is InChI=1S/C14H20N4O2/c1-5-18(8-9(2)3)12-10-7-16-17(4)13(10)15-6-11(12)14(19)20/h6-7,9H,5,8H2,1-4H3,(H,19,20). The molecule has 0 saturated heterocycles. The summed E-state index contributed by atoms with van der Waals surface area (Å²) in [5.74, 6) is -0.517. The van der Waals surface area contributed by atoms with Crippen LogP contribution in [0.1, 0.15) is 31.1 Å². The highest BCUT2D eigenvalue weighted by molar-refractivity contribution is 6.03. The van der Waals surface area contributed by atoms with Crippen LogP contribution >= 0.6 is 0 Å². The first-order valence-corrected chi connectivity index (χ1v) is 6.74. The molecule has 0 amide bonds. The van der Waals surface area contributed by atoms with E-state index in [1.165, 1.54) is 6.20 Å². The van der Waals surface area contributed by atoms with Crippen LogP contribution in [-0.2, 0) is 7.05 Å². The lowest BCUT2D eigenvalue weighted by Gasteiger charge is -2.27. The minimum Gasteiger partial charge on any atom is -0.478 e. The molecule has 2 aromatic rings. The van der Waals surface area contributed by atoms with Gasteiger partial charge in [-0.15, -0.1) is 0 Å². The fraction of sp³-hybridized carbons (Fsp3) is 0.500. The number of rotatable bonds is 5. The Balaban J connectivity index is 2.68. The minimum absolute atomic E-state index is 0.230. The van der Waals surface area contributed by atoms with E-state index in [0.717, 1.165) is 18.5 Å². The molecule has 0 aliphatic heterocycles. The van der Waals surface area contributed by atoms with E-state index < -0.39 is 5.97 Å². The predicted octanol–water partition coefficient (Wildman–Crippen LogP) is 2.15. The molecule has 1 N–H and O–H groups in total. The van der Waals surface area contributed by atoms with Crippen molar-refractivity contribution in [3.63, 3.8) is 0 Å². The van der Waals surface area contributed by atoms with E-state index in [1.807, 2.05) is 6.92 Å². The third-order valence-electron chi connectivity index (χ3n) is 3.25. The molecule has 108 valence electrons. The fourth-order valence-electron chi connectivity index (χ4n) is 2.40. The molecule has 0 aromatic carbocycles. The van der Waals surface area contributed by atoms with Crippen molar-refractivity contribution in [2.75, 3.05) is 18.0 Å². The number of fused-ring (bicyclic) bond motifs is 1. The van der Waals surface area contributed by atoms with Crippen molar-refractivity contribution in [2.45, 2.75) is 20.8 Å². The van der Waals surface area contributed by atoms with Gasteiger partial charge in [0.1, 0.15) is 5.56 Å². The number of aromatic carboxylic acids is 1. The van der Waals surface area contributed by atoms with Crippen molar-refractivity contribution in [1.82, 2.24) is 14.8 Å². The van der Waals surface area contributed by atoms with Crippen LogP contribution < -0.4 is 4.90 Å². The number of anilines is 1. The molecule has 0 fully saturated rings. The van der Waals surface area contributed by atoms with Crippen molar-refractivity contribution in [1.29, 1.82) is 0 Å². The summed E-state index contributed by atoms with van der Waals surface area (Å²) in [6.45, 7) is 7.79. The number of carboxylic acid groups (broad SMARTS) is 1. The molecule has 0 radical (unpaired) electrons. The molecule has 20 heavy (non-hydrogen) atoms. The number of carboxylic acids is 1. The van der Waals surface area contributed by atoms with Crippen LogP contribution in [0, 0.1) is 5.92 Å². The molecule has 0 spiro atoms. The number of aromatic nitrogens is 3. The summed E-state index contributed by atoms with van der Waals surface area (Å²) < 4.78 is 1.66. The van der Waals surface area contributed by atoms with Crippen molar-refractivity contribution < 1.29 is 9.90 Å². The zero-order chi connectivity index (χ0) is 14.9. The Bertz CT molecular complexity index is 633. The topological polar surface area (TPSA) is 71.2 Å². The van der Waals surface area contributed by atoms with Crippen molar-refractivity contribution in [3.8, 4) is 0 Å². The smallest absolute Gasteiger partial charge is 0.339 e. The summed E-state index contributed by atoms with van der Waals surface area (Å²) in [6.07, 6.45) is 3.11. The van der Waals surface area contributed by atoms with Gasteiger partial charge in [-0.05, 0) is 12.8 Å². The molecular weight excluding hydrogens is 256 g/mol. The molecule has 0 saturated carbocycles. The summed E-state index contributed by atoms with van der Waals surface area (Å²) in [4.78, 5) is 17.8. The Morgan fingerprint density at radius 2 is 2.15 bits per heavy atom. The van der Waals surface area contributed by atoms with Gasteiger partial charge in [-0.25, -0.2) is 9.78 Å². The molecule has 2 heterocycles. The van der Waals surface area contributed by atoms with Crippen LogP contribution in [0.5, 0.6) is 0 Å².